The first-order valence-corrected chi connectivity index (χ1v) is 6.87. The number of carbonyl (C=O) groups excluding carboxylic acids is 1. The molecule has 0 saturated carbocycles. The van der Waals surface area contributed by atoms with Crippen LogP contribution in [0.2, 0.25) is 0 Å². The average molecular weight is 262 g/mol. The van der Waals surface area contributed by atoms with E-state index in [0.29, 0.717) is 6.61 Å². The quantitative estimate of drug-likeness (QED) is 0.733. The fourth-order valence-corrected chi connectivity index (χ4v) is 1.61. The molecule has 0 unspecified atom stereocenters. The maximum Gasteiger partial charge on any atom is 0.168 e. The van der Waals surface area contributed by atoms with Gasteiger partial charge in [0.25, 0.3) is 0 Å². The van der Waals surface area contributed by atoms with Gasteiger partial charge in [0, 0.05) is 11.0 Å². The number of benzene rings is 1. The van der Waals surface area contributed by atoms with Gasteiger partial charge in [0.05, 0.1) is 6.61 Å². The van der Waals surface area contributed by atoms with Crippen LogP contribution in [-0.2, 0) is 0 Å². The SMILES string of the molecule is CC(C)(C)CCOc1ccc(C(=O)C(C)(C)C)cc1. The van der Waals surface area contributed by atoms with Crippen LogP contribution in [-0.4, -0.2) is 12.4 Å². The van der Waals surface area contributed by atoms with Crippen molar-refractivity contribution in [2.24, 2.45) is 10.8 Å². The molecule has 0 heterocycles. The normalized spacial score (nSPS) is 12.3. The molecule has 0 bridgehead atoms. The van der Waals surface area contributed by atoms with E-state index in [9.17, 15) is 4.79 Å². The number of rotatable bonds is 4. The van der Waals surface area contributed by atoms with Crippen LogP contribution in [0.15, 0.2) is 24.3 Å². The zero-order valence-corrected chi connectivity index (χ0v) is 13.0. The van der Waals surface area contributed by atoms with Gasteiger partial charge in [0.15, 0.2) is 5.78 Å². The zero-order chi connectivity index (χ0) is 14.7. The predicted molar refractivity (Wildman–Crippen MR) is 79.8 cm³/mol. The maximum atomic E-state index is 12.1. The molecule has 19 heavy (non-hydrogen) atoms. The van der Waals surface area contributed by atoms with Crippen molar-refractivity contribution in [3.05, 3.63) is 29.8 Å². The summed E-state index contributed by atoms with van der Waals surface area (Å²) in [6.07, 6.45) is 1.01. The molecule has 106 valence electrons. The lowest BCUT2D eigenvalue weighted by atomic mass is 9.86. The predicted octanol–water partition coefficient (Wildman–Crippen LogP) is 4.73. The van der Waals surface area contributed by atoms with E-state index in [2.05, 4.69) is 20.8 Å². The van der Waals surface area contributed by atoms with Crippen molar-refractivity contribution in [2.45, 2.75) is 48.0 Å². The molecule has 0 radical (unpaired) electrons. The van der Waals surface area contributed by atoms with Crippen LogP contribution in [0.3, 0.4) is 0 Å². The van der Waals surface area contributed by atoms with E-state index >= 15 is 0 Å². The Kier molecular flexibility index (Phi) is 4.78. The second-order valence-electron chi connectivity index (χ2n) is 7.26. The summed E-state index contributed by atoms with van der Waals surface area (Å²) >= 11 is 0. The molecule has 0 spiro atoms. The Bertz CT molecular complexity index is 416. The third-order valence-electron chi connectivity index (χ3n) is 2.92. The van der Waals surface area contributed by atoms with Gasteiger partial charge in [-0.05, 0) is 36.1 Å². The minimum absolute atomic E-state index is 0.161. The Morgan fingerprint density at radius 1 is 1.00 bits per heavy atom. The Morgan fingerprint density at radius 2 is 1.53 bits per heavy atom. The Labute approximate surface area is 117 Å². The van der Waals surface area contributed by atoms with Gasteiger partial charge in [-0.1, -0.05) is 41.5 Å². The van der Waals surface area contributed by atoms with E-state index in [4.69, 9.17) is 4.74 Å². The number of ketones is 1. The van der Waals surface area contributed by atoms with Crippen molar-refractivity contribution in [1.82, 2.24) is 0 Å². The van der Waals surface area contributed by atoms with Gasteiger partial charge in [-0.25, -0.2) is 0 Å². The minimum atomic E-state index is -0.339. The summed E-state index contributed by atoms with van der Waals surface area (Å²) < 4.78 is 5.69. The van der Waals surface area contributed by atoms with Gasteiger partial charge < -0.3 is 4.74 Å². The second-order valence-corrected chi connectivity index (χ2v) is 7.26. The molecule has 2 heteroatoms. The molecular weight excluding hydrogens is 236 g/mol. The molecule has 0 aliphatic heterocycles. The number of hydrogen-bond donors (Lipinski definition) is 0. The summed E-state index contributed by atoms with van der Waals surface area (Å²) in [5.41, 5.74) is 0.687. The maximum absolute atomic E-state index is 12.1. The molecule has 0 aliphatic rings. The summed E-state index contributed by atoms with van der Waals surface area (Å²) in [5, 5.41) is 0. The molecule has 1 aromatic carbocycles. The Balaban J connectivity index is 2.60. The Hall–Kier alpha value is -1.31. The van der Waals surface area contributed by atoms with Gasteiger partial charge in [-0.15, -0.1) is 0 Å². The molecule has 0 atom stereocenters. The monoisotopic (exact) mass is 262 g/mol. The summed E-state index contributed by atoms with van der Waals surface area (Å²) in [6.45, 7) is 13.1. The highest BCUT2D eigenvalue weighted by Gasteiger charge is 2.22. The van der Waals surface area contributed by atoms with Crippen LogP contribution in [0, 0.1) is 10.8 Å². The highest BCUT2D eigenvalue weighted by molar-refractivity contribution is 5.99. The molecule has 0 N–H and O–H groups in total. The van der Waals surface area contributed by atoms with Crippen molar-refractivity contribution in [3.63, 3.8) is 0 Å². The smallest absolute Gasteiger partial charge is 0.168 e. The van der Waals surface area contributed by atoms with Crippen LogP contribution < -0.4 is 4.74 Å². The van der Waals surface area contributed by atoms with Gasteiger partial charge in [-0.3, -0.25) is 4.79 Å². The molecule has 0 amide bonds. The molecule has 2 nitrogen and oxygen atoms in total. The van der Waals surface area contributed by atoms with Crippen LogP contribution in [0.4, 0.5) is 0 Å². The number of Topliss-reactive ketones (excluding diaryl/α,β-unsaturated/α-hetero) is 1. The van der Waals surface area contributed by atoms with E-state index in [-0.39, 0.29) is 16.6 Å². The zero-order valence-electron chi connectivity index (χ0n) is 13.0. The fourth-order valence-electron chi connectivity index (χ4n) is 1.61. The first-order chi connectivity index (χ1) is 8.59. The van der Waals surface area contributed by atoms with Gasteiger partial charge >= 0.3 is 0 Å². The van der Waals surface area contributed by atoms with Gasteiger partial charge in [-0.2, -0.15) is 0 Å². The fraction of sp³-hybridized carbons (Fsp3) is 0.588. The number of ether oxygens (including phenoxy) is 1. The lowest BCUT2D eigenvalue weighted by molar-refractivity contribution is 0.0858. The van der Waals surface area contributed by atoms with Crippen LogP contribution in [0.5, 0.6) is 5.75 Å². The molecule has 1 aromatic rings. The summed E-state index contributed by atoms with van der Waals surface area (Å²) in [7, 11) is 0. The first-order valence-electron chi connectivity index (χ1n) is 6.87. The third kappa shape index (κ3) is 5.46. The highest BCUT2D eigenvalue weighted by atomic mass is 16.5. The lowest BCUT2D eigenvalue weighted by Gasteiger charge is -2.19. The van der Waals surface area contributed by atoms with Crippen LogP contribution in [0.25, 0.3) is 0 Å². The Morgan fingerprint density at radius 3 is 1.95 bits per heavy atom. The van der Waals surface area contributed by atoms with E-state index in [1.807, 2.05) is 45.0 Å². The largest absolute Gasteiger partial charge is 0.494 e. The van der Waals surface area contributed by atoms with Crippen molar-refractivity contribution >= 4 is 5.78 Å². The standard InChI is InChI=1S/C17H26O2/c1-16(2,3)11-12-19-14-9-7-13(8-10-14)15(18)17(4,5)6/h7-10H,11-12H2,1-6H3. The average Bonchev–Trinajstić information content (AvgIpc) is 2.26. The lowest BCUT2D eigenvalue weighted by Crippen LogP contribution is -2.20. The summed E-state index contributed by atoms with van der Waals surface area (Å²) in [4.78, 5) is 12.1. The van der Waals surface area contributed by atoms with Crippen LogP contribution >= 0.6 is 0 Å². The van der Waals surface area contributed by atoms with Crippen molar-refractivity contribution in [3.8, 4) is 5.75 Å². The van der Waals surface area contributed by atoms with E-state index in [1.165, 1.54) is 0 Å². The topological polar surface area (TPSA) is 26.3 Å². The molecule has 1 rings (SSSR count). The second kappa shape index (κ2) is 5.77. The van der Waals surface area contributed by atoms with Gasteiger partial charge in [0.2, 0.25) is 0 Å². The van der Waals surface area contributed by atoms with Crippen molar-refractivity contribution in [1.29, 1.82) is 0 Å². The van der Waals surface area contributed by atoms with Crippen molar-refractivity contribution < 1.29 is 9.53 Å². The molecule has 0 aromatic heterocycles. The molecule has 0 aliphatic carbocycles. The molecular formula is C17H26O2. The highest BCUT2D eigenvalue weighted by Crippen LogP contribution is 2.23. The van der Waals surface area contributed by atoms with Crippen molar-refractivity contribution in [2.75, 3.05) is 6.61 Å². The summed E-state index contributed by atoms with van der Waals surface area (Å²) in [5.74, 6) is 0.989. The minimum Gasteiger partial charge on any atom is -0.494 e. The summed E-state index contributed by atoms with van der Waals surface area (Å²) in [6, 6.07) is 7.45. The third-order valence-corrected chi connectivity index (χ3v) is 2.92. The van der Waals surface area contributed by atoms with E-state index in [1.54, 1.807) is 0 Å². The number of carbonyl (C=O) groups is 1. The van der Waals surface area contributed by atoms with Gasteiger partial charge in [0.1, 0.15) is 5.75 Å². The van der Waals surface area contributed by atoms with E-state index < -0.39 is 0 Å². The van der Waals surface area contributed by atoms with Crippen LogP contribution in [0.1, 0.15) is 58.3 Å². The molecule has 0 fully saturated rings. The van der Waals surface area contributed by atoms with E-state index in [0.717, 1.165) is 17.7 Å². The number of hydrogen-bond acceptors (Lipinski definition) is 2. The first kappa shape index (κ1) is 15.7. The molecule has 0 saturated heterocycles.